The highest BCUT2D eigenvalue weighted by atomic mass is 14.4. The minimum Gasteiger partial charge on any atom is -0.0654 e. The van der Waals surface area contributed by atoms with Crippen LogP contribution >= 0.6 is 0 Å². The maximum absolute atomic E-state index is 2.40. The number of hydrogen-bond acceptors (Lipinski definition) is 0. The Kier molecular flexibility index (Phi) is 4.98. The maximum Gasteiger partial charge on any atom is -0.0269 e. The molecule has 0 nitrogen and oxygen atoms in total. The van der Waals surface area contributed by atoms with E-state index in [1.165, 1.54) is 57.8 Å². The summed E-state index contributed by atoms with van der Waals surface area (Å²) in [7, 11) is 0. The molecule has 0 N–H and O–H groups in total. The zero-order valence-corrected chi connectivity index (χ0v) is 10.4. The van der Waals surface area contributed by atoms with Gasteiger partial charge < -0.3 is 0 Å². The molecule has 1 rings (SSSR count). The summed E-state index contributed by atoms with van der Waals surface area (Å²) in [4.78, 5) is 0. The summed E-state index contributed by atoms with van der Waals surface area (Å²) in [5, 5.41) is 0. The first-order valence-electron chi connectivity index (χ1n) is 6.79. The van der Waals surface area contributed by atoms with E-state index in [0.29, 0.717) is 0 Å². The number of rotatable bonds is 6. The number of hydrogen-bond donors (Lipinski definition) is 0. The minimum absolute atomic E-state index is 0.763. The van der Waals surface area contributed by atoms with Crippen molar-refractivity contribution in [1.82, 2.24) is 0 Å². The van der Waals surface area contributed by atoms with E-state index in [9.17, 15) is 0 Å². The lowest BCUT2D eigenvalue weighted by molar-refractivity contribution is 0.153. The molecule has 0 heterocycles. The van der Waals surface area contributed by atoms with Crippen molar-refractivity contribution in [2.24, 2.45) is 11.3 Å². The van der Waals surface area contributed by atoms with E-state index in [0.717, 1.165) is 11.3 Å². The van der Waals surface area contributed by atoms with Crippen molar-refractivity contribution in [3.8, 4) is 0 Å². The first kappa shape index (κ1) is 12.1. The van der Waals surface area contributed by atoms with Gasteiger partial charge >= 0.3 is 0 Å². The molecule has 1 unspecified atom stereocenters. The van der Waals surface area contributed by atoms with Crippen molar-refractivity contribution in [3.63, 3.8) is 0 Å². The summed E-state index contributed by atoms with van der Waals surface area (Å²) in [5.41, 5.74) is 0.763. The molecule has 0 aliphatic heterocycles. The van der Waals surface area contributed by atoms with Crippen LogP contribution in [0.15, 0.2) is 0 Å². The van der Waals surface area contributed by atoms with Gasteiger partial charge in [-0.1, -0.05) is 52.9 Å². The molecule has 84 valence electrons. The zero-order valence-electron chi connectivity index (χ0n) is 10.4. The fourth-order valence-electron chi connectivity index (χ4n) is 3.66. The first-order chi connectivity index (χ1) is 6.79. The third kappa shape index (κ3) is 2.52. The lowest BCUT2D eigenvalue weighted by Gasteiger charge is -2.35. The van der Waals surface area contributed by atoms with Crippen LogP contribution in [0.25, 0.3) is 0 Å². The molecular formula is C14H28. The van der Waals surface area contributed by atoms with Gasteiger partial charge in [0.1, 0.15) is 0 Å². The van der Waals surface area contributed by atoms with Crippen molar-refractivity contribution in [2.75, 3.05) is 0 Å². The molecule has 0 spiro atoms. The second-order valence-electron chi connectivity index (χ2n) is 5.21. The highest BCUT2D eigenvalue weighted by Crippen LogP contribution is 2.51. The Bertz CT molecular complexity index is 150. The van der Waals surface area contributed by atoms with Crippen LogP contribution in [0.3, 0.4) is 0 Å². The fraction of sp³-hybridized carbons (Fsp3) is 1.00. The van der Waals surface area contributed by atoms with Gasteiger partial charge in [-0.3, -0.25) is 0 Å². The van der Waals surface area contributed by atoms with E-state index < -0.39 is 0 Å². The summed E-state index contributed by atoms with van der Waals surface area (Å²) in [5.74, 6) is 1.05. The molecule has 1 aliphatic rings. The van der Waals surface area contributed by atoms with E-state index in [1.54, 1.807) is 0 Å². The molecule has 14 heavy (non-hydrogen) atoms. The molecule has 0 heteroatoms. The predicted octanol–water partition coefficient (Wildman–Crippen LogP) is 5.17. The van der Waals surface area contributed by atoms with Gasteiger partial charge in [-0.05, 0) is 37.0 Å². The van der Waals surface area contributed by atoms with Gasteiger partial charge in [-0.2, -0.15) is 0 Å². The highest BCUT2D eigenvalue weighted by molar-refractivity contribution is 4.90. The van der Waals surface area contributed by atoms with Gasteiger partial charge in [0.05, 0.1) is 0 Å². The van der Waals surface area contributed by atoms with Gasteiger partial charge in [0.25, 0.3) is 0 Å². The molecule has 1 fully saturated rings. The molecule has 0 bridgehead atoms. The Labute approximate surface area is 90.5 Å². The molecule has 0 aromatic heterocycles. The van der Waals surface area contributed by atoms with Gasteiger partial charge in [0, 0.05) is 0 Å². The molecule has 0 aromatic carbocycles. The van der Waals surface area contributed by atoms with E-state index in [4.69, 9.17) is 0 Å². The third-order valence-electron chi connectivity index (χ3n) is 4.36. The average Bonchev–Trinajstić information content (AvgIpc) is 2.59. The molecular weight excluding hydrogens is 168 g/mol. The lowest BCUT2D eigenvalue weighted by atomic mass is 9.70. The highest BCUT2D eigenvalue weighted by Gasteiger charge is 2.39. The lowest BCUT2D eigenvalue weighted by Crippen LogP contribution is -2.25. The van der Waals surface area contributed by atoms with Crippen LogP contribution in [0.2, 0.25) is 0 Å². The Morgan fingerprint density at radius 2 is 1.86 bits per heavy atom. The molecule has 0 radical (unpaired) electrons. The molecule has 0 amide bonds. The van der Waals surface area contributed by atoms with Gasteiger partial charge in [0.2, 0.25) is 0 Å². The molecule has 1 aliphatic carbocycles. The molecule has 0 saturated heterocycles. The Morgan fingerprint density at radius 1 is 1.07 bits per heavy atom. The van der Waals surface area contributed by atoms with E-state index in [1.807, 2.05) is 0 Å². The monoisotopic (exact) mass is 196 g/mol. The maximum atomic E-state index is 2.40. The van der Waals surface area contributed by atoms with Crippen molar-refractivity contribution < 1.29 is 0 Å². The SMILES string of the molecule is CCCCC1(CCC)CCC[C@H]1CC. The molecule has 0 aromatic rings. The molecule has 1 saturated carbocycles. The quantitative estimate of drug-likeness (QED) is 0.549. The van der Waals surface area contributed by atoms with Crippen LogP contribution in [0.4, 0.5) is 0 Å². The van der Waals surface area contributed by atoms with Gasteiger partial charge in [0.15, 0.2) is 0 Å². The summed E-state index contributed by atoms with van der Waals surface area (Å²) in [6.07, 6.45) is 13.2. The van der Waals surface area contributed by atoms with E-state index in [2.05, 4.69) is 20.8 Å². The van der Waals surface area contributed by atoms with Crippen LogP contribution in [0, 0.1) is 11.3 Å². The van der Waals surface area contributed by atoms with Crippen molar-refractivity contribution in [1.29, 1.82) is 0 Å². The normalized spacial score (nSPS) is 32.4. The second kappa shape index (κ2) is 5.78. The van der Waals surface area contributed by atoms with Crippen LogP contribution in [-0.2, 0) is 0 Å². The smallest absolute Gasteiger partial charge is 0.0269 e. The van der Waals surface area contributed by atoms with Crippen molar-refractivity contribution in [2.45, 2.75) is 78.6 Å². The first-order valence-corrected chi connectivity index (χ1v) is 6.79. The second-order valence-corrected chi connectivity index (χ2v) is 5.21. The fourth-order valence-corrected chi connectivity index (χ4v) is 3.66. The van der Waals surface area contributed by atoms with E-state index >= 15 is 0 Å². The average molecular weight is 196 g/mol. The Morgan fingerprint density at radius 3 is 2.43 bits per heavy atom. The van der Waals surface area contributed by atoms with Gasteiger partial charge in [-0.15, -0.1) is 0 Å². The van der Waals surface area contributed by atoms with Gasteiger partial charge in [-0.25, -0.2) is 0 Å². The third-order valence-corrected chi connectivity index (χ3v) is 4.36. The van der Waals surface area contributed by atoms with E-state index in [-0.39, 0.29) is 0 Å². The molecule has 2 atom stereocenters. The Balaban J connectivity index is 2.58. The topological polar surface area (TPSA) is 0 Å². The van der Waals surface area contributed by atoms with Crippen molar-refractivity contribution in [3.05, 3.63) is 0 Å². The largest absolute Gasteiger partial charge is 0.0654 e. The zero-order chi connectivity index (χ0) is 10.4. The van der Waals surface area contributed by atoms with Crippen LogP contribution < -0.4 is 0 Å². The summed E-state index contributed by atoms with van der Waals surface area (Å²) < 4.78 is 0. The standard InChI is InChI=1S/C14H28/c1-4-7-11-14(10-5-2)12-8-9-13(14)6-3/h13H,4-12H2,1-3H3/t13-,14?/m1/s1. The predicted molar refractivity (Wildman–Crippen MR) is 64.5 cm³/mol. The summed E-state index contributed by atoms with van der Waals surface area (Å²) in [6, 6.07) is 0. The number of unbranched alkanes of at least 4 members (excludes halogenated alkanes) is 1. The van der Waals surface area contributed by atoms with Crippen LogP contribution in [0.1, 0.15) is 78.6 Å². The summed E-state index contributed by atoms with van der Waals surface area (Å²) >= 11 is 0. The van der Waals surface area contributed by atoms with Crippen LogP contribution in [0.5, 0.6) is 0 Å². The summed E-state index contributed by atoms with van der Waals surface area (Å²) in [6.45, 7) is 7.08. The minimum atomic E-state index is 0.763. The van der Waals surface area contributed by atoms with Crippen molar-refractivity contribution >= 4 is 0 Å². The van der Waals surface area contributed by atoms with Crippen LogP contribution in [-0.4, -0.2) is 0 Å². The Hall–Kier alpha value is 0.